The number of hydrogen-bond acceptors (Lipinski definition) is 2. The molecule has 1 N–H and O–H groups in total. The maximum absolute atomic E-state index is 13.1. The lowest BCUT2D eigenvalue weighted by Gasteiger charge is -2.04. The van der Waals surface area contributed by atoms with Crippen LogP contribution in [0.5, 0.6) is 0 Å². The van der Waals surface area contributed by atoms with Crippen molar-refractivity contribution in [2.75, 3.05) is 5.75 Å². The summed E-state index contributed by atoms with van der Waals surface area (Å²) >= 11 is 1.46. The zero-order valence-electron chi connectivity index (χ0n) is 9.00. The van der Waals surface area contributed by atoms with Crippen molar-refractivity contribution in [3.63, 3.8) is 0 Å². The standard InChI is InChI=1S/C12H13FO2S/c1-3-8(2)7-16-9-4-5-11(13)10(6-9)12(14)15/h4-6H,2-3,7H2,1H3,(H,14,15). The second-order valence-electron chi connectivity index (χ2n) is 3.34. The van der Waals surface area contributed by atoms with Gasteiger partial charge in [-0.1, -0.05) is 19.1 Å². The van der Waals surface area contributed by atoms with Gasteiger partial charge in [-0.25, -0.2) is 9.18 Å². The van der Waals surface area contributed by atoms with Gasteiger partial charge in [0.1, 0.15) is 5.82 Å². The van der Waals surface area contributed by atoms with Gasteiger partial charge >= 0.3 is 5.97 Å². The number of carboxylic acid groups (broad SMARTS) is 1. The van der Waals surface area contributed by atoms with Crippen molar-refractivity contribution >= 4 is 17.7 Å². The summed E-state index contributed by atoms with van der Waals surface area (Å²) in [7, 11) is 0. The van der Waals surface area contributed by atoms with E-state index in [0.29, 0.717) is 0 Å². The molecule has 4 heteroatoms. The van der Waals surface area contributed by atoms with Crippen LogP contribution in [0.15, 0.2) is 35.2 Å². The number of carboxylic acids is 1. The van der Waals surface area contributed by atoms with Gasteiger partial charge in [-0.05, 0) is 24.6 Å². The normalized spacial score (nSPS) is 10.1. The van der Waals surface area contributed by atoms with Crippen molar-refractivity contribution in [1.82, 2.24) is 0 Å². The summed E-state index contributed by atoms with van der Waals surface area (Å²) in [5.74, 6) is -1.22. The number of hydrogen-bond donors (Lipinski definition) is 1. The van der Waals surface area contributed by atoms with Gasteiger partial charge in [-0.3, -0.25) is 0 Å². The van der Waals surface area contributed by atoms with Gasteiger partial charge < -0.3 is 5.11 Å². The Morgan fingerprint density at radius 1 is 1.56 bits per heavy atom. The maximum atomic E-state index is 13.1. The topological polar surface area (TPSA) is 37.3 Å². The van der Waals surface area contributed by atoms with Crippen molar-refractivity contribution in [3.8, 4) is 0 Å². The van der Waals surface area contributed by atoms with Gasteiger partial charge in [0, 0.05) is 10.6 Å². The van der Waals surface area contributed by atoms with E-state index in [1.165, 1.54) is 23.9 Å². The molecule has 1 aromatic carbocycles. The molecule has 0 unspecified atom stereocenters. The lowest BCUT2D eigenvalue weighted by molar-refractivity contribution is 0.0691. The first-order valence-electron chi connectivity index (χ1n) is 4.87. The smallest absolute Gasteiger partial charge is 0.338 e. The van der Waals surface area contributed by atoms with Crippen LogP contribution in [0.25, 0.3) is 0 Å². The minimum Gasteiger partial charge on any atom is -0.478 e. The average Bonchev–Trinajstić information content (AvgIpc) is 2.27. The van der Waals surface area contributed by atoms with E-state index in [1.807, 2.05) is 6.92 Å². The highest BCUT2D eigenvalue weighted by Crippen LogP contribution is 2.23. The largest absolute Gasteiger partial charge is 0.478 e. The molecule has 0 saturated heterocycles. The summed E-state index contributed by atoms with van der Waals surface area (Å²) in [4.78, 5) is 11.4. The lowest BCUT2D eigenvalue weighted by atomic mass is 10.2. The Bertz CT molecular complexity index is 415. The van der Waals surface area contributed by atoms with Gasteiger partial charge in [0.15, 0.2) is 0 Å². The van der Waals surface area contributed by atoms with Crippen molar-refractivity contribution in [3.05, 3.63) is 41.7 Å². The minimum atomic E-state index is -1.24. The molecule has 1 aromatic rings. The van der Waals surface area contributed by atoms with Crippen LogP contribution in [0, 0.1) is 5.82 Å². The molecule has 0 amide bonds. The third-order valence-electron chi connectivity index (χ3n) is 2.11. The van der Waals surface area contributed by atoms with E-state index in [4.69, 9.17) is 5.11 Å². The molecule has 0 aliphatic heterocycles. The first kappa shape index (κ1) is 12.8. The molecule has 0 atom stereocenters. The molecular weight excluding hydrogens is 227 g/mol. The average molecular weight is 240 g/mol. The molecule has 2 nitrogen and oxygen atoms in total. The zero-order valence-corrected chi connectivity index (χ0v) is 9.81. The highest BCUT2D eigenvalue weighted by atomic mass is 32.2. The van der Waals surface area contributed by atoms with E-state index in [0.717, 1.165) is 22.6 Å². The Labute approximate surface area is 98.2 Å². The van der Waals surface area contributed by atoms with Crippen molar-refractivity contribution in [2.45, 2.75) is 18.2 Å². The molecule has 0 radical (unpaired) electrons. The Morgan fingerprint density at radius 2 is 2.25 bits per heavy atom. The molecule has 0 fully saturated rings. The van der Waals surface area contributed by atoms with E-state index < -0.39 is 11.8 Å². The first-order valence-corrected chi connectivity index (χ1v) is 5.85. The molecule has 86 valence electrons. The van der Waals surface area contributed by atoms with E-state index in [2.05, 4.69) is 6.58 Å². The molecular formula is C12H13FO2S. The van der Waals surface area contributed by atoms with Crippen LogP contribution in [0.3, 0.4) is 0 Å². The molecule has 0 saturated carbocycles. The molecule has 0 spiro atoms. The molecule has 0 aromatic heterocycles. The fraction of sp³-hybridized carbons (Fsp3) is 0.250. The van der Waals surface area contributed by atoms with Crippen LogP contribution < -0.4 is 0 Å². The highest BCUT2D eigenvalue weighted by Gasteiger charge is 2.10. The van der Waals surface area contributed by atoms with Gasteiger partial charge in [0.05, 0.1) is 5.56 Å². The summed E-state index contributed by atoms with van der Waals surface area (Å²) in [6.45, 7) is 5.86. The summed E-state index contributed by atoms with van der Waals surface area (Å²) in [6.07, 6.45) is 0.889. The van der Waals surface area contributed by atoms with Crippen LogP contribution in [-0.2, 0) is 0 Å². The first-order chi connectivity index (χ1) is 7.54. The van der Waals surface area contributed by atoms with E-state index in [-0.39, 0.29) is 5.56 Å². The van der Waals surface area contributed by atoms with Crippen LogP contribution in [0.2, 0.25) is 0 Å². The molecule has 0 aliphatic carbocycles. The third kappa shape index (κ3) is 3.38. The second-order valence-corrected chi connectivity index (χ2v) is 4.39. The van der Waals surface area contributed by atoms with E-state index in [9.17, 15) is 9.18 Å². The highest BCUT2D eigenvalue weighted by molar-refractivity contribution is 7.99. The SMILES string of the molecule is C=C(CC)CSc1ccc(F)c(C(=O)O)c1. The number of thioether (sulfide) groups is 1. The van der Waals surface area contributed by atoms with E-state index >= 15 is 0 Å². The molecule has 0 aliphatic rings. The fourth-order valence-corrected chi connectivity index (χ4v) is 1.99. The van der Waals surface area contributed by atoms with E-state index in [1.54, 1.807) is 6.07 Å². The Hall–Kier alpha value is -1.29. The van der Waals surface area contributed by atoms with Crippen LogP contribution in [-0.4, -0.2) is 16.8 Å². The van der Waals surface area contributed by atoms with Crippen LogP contribution in [0.4, 0.5) is 4.39 Å². The van der Waals surface area contributed by atoms with Crippen molar-refractivity contribution in [1.29, 1.82) is 0 Å². The number of halogens is 1. The predicted molar refractivity (Wildman–Crippen MR) is 63.5 cm³/mol. The summed E-state index contributed by atoms with van der Waals surface area (Å²) < 4.78 is 13.1. The molecule has 16 heavy (non-hydrogen) atoms. The molecule has 0 heterocycles. The Kier molecular flexibility index (Phi) is 4.55. The quantitative estimate of drug-likeness (QED) is 0.631. The van der Waals surface area contributed by atoms with Gasteiger partial charge in [0.25, 0.3) is 0 Å². The monoisotopic (exact) mass is 240 g/mol. The maximum Gasteiger partial charge on any atom is 0.338 e. The summed E-state index contributed by atoms with van der Waals surface area (Å²) in [5, 5.41) is 8.75. The van der Waals surface area contributed by atoms with Crippen LogP contribution >= 0.6 is 11.8 Å². The summed E-state index contributed by atoms with van der Waals surface area (Å²) in [6, 6.07) is 4.11. The minimum absolute atomic E-state index is 0.285. The molecule has 1 rings (SSSR count). The predicted octanol–water partition coefficient (Wildman–Crippen LogP) is 3.58. The van der Waals surface area contributed by atoms with Gasteiger partial charge in [-0.2, -0.15) is 0 Å². The van der Waals surface area contributed by atoms with Crippen molar-refractivity contribution in [2.24, 2.45) is 0 Å². The number of carbonyl (C=O) groups is 1. The van der Waals surface area contributed by atoms with Gasteiger partial charge in [-0.15, -0.1) is 11.8 Å². The fourth-order valence-electron chi connectivity index (χ4n) is 1.05. The van der Waals surface area contributed by atoms with Crippen molar-refractivity contribution < 1.29 is 14.3 Å². The Balaban J connectivity index is 2.79. The molecule has 0 bridgehead atoms. The van der Waals surface area contributed by atoms with Gasteiger partial charge in [0.2, 0.25) is 0 Å². The second kappa shape index (κ2) is 5.70. The summed E-state index contributed by atoms with van der Waals surface area (Å²) in [5.41, 5.74) is 0.790. The van der Waals surface area contributed by atoms with Crippen LogP contribution in [0.1, 0.15) is 23.7 Å². The number of rotatable bonds is 5. The Morgan fingerprint density at radius 3 is 2.81 bits per heavy atom. The third-order valence-corrected chi connectivity index (χ3v) is 3.25. The number of aromatic carboxylic acids is 1. The zero-order chi connectivity index (χ0) is 12.1. The number of benzene rings is 1. The lowest BCUT2D eigenvalue weighted by Crippen LogP contribution is -2.00.